The van der Waals surface area contributed by atoms with Gasteiger partial charge in [-0.15, -0.1) is 0 Å². The van der Waals surface area contributed by atoms with Crippen LogP contribution in [0.5, 0.6) is 0 Å². The Labute approximate surface area is 112 Å². The lowest BCUT2D eigenvalue weighted by molar-refractivity contribution is 0.702. The smallest absolute Gasteiger partial charge is 0.191 e. The topological polar surface area (TPSA) is 54.2 Å². The fraction of sp³-hybridized carbons (Fsp3) is 0.286. The molecule has 0 unspecified atom stereocenters. The molecule has 0 atom stereocenters. The molecule has 3 rings (SSSR count). The molecule has 19 heavy (non-hydrogen) atoms. The van der Waals surface area contributed by atoms with Crippen molar-refractivity contribution >= 4 is 5.96 Å². The van der Waals surface area contributed by atoms with E-state index in [-0.39, 0.29) is 0 Å². The molecular weight excluding hydrogens is 238 g/mol. The van der Waals surface area contributed by atoms with Crippen molar-refractivity contribution in [2.24, 2.45) is 4.99 Å². The number of hydrogen-bond acceptors (Lipinski definition) is 4. The van der Waals surface area contributed by atoms with Crippen LogP contribution in [0.1, 0.15) is 12.0 Å². The molecule has 2 aromatic rings. The van der Waals surface area contributed by atoms with Gasteiger partial charge in [0.1, 0.15) is 0 Å². The highest BCUT2D eigenvalue weighted by molar-refractivity contribution is 5.80. The van der Waals surface area contributed by atoms with Crippen molar-refractivity contribution < 1.29 is 0 Å². The van der Waals surface area contributed by atoms with Crippen molar-refractivity contribution in [1.29, 1.82) is 0 Å². The summed E-state index contributed by atoms with van der Waals surface area (Å²) in [6, 6.07) is 10.2. The monoisotopic (exact) mass is 255 g/mol. The van der Waals surface area contributed by atoms with Gasteiger partial charge in [-0.2, -0.15) is 5.10 Å². The zero-order valence-electron chi connectivity index (χ0n) is 10.7. The normalized spacial score (nSPS) is 14.6. The average Bonchev–Trinajstić information content (AvgIpc) is 3.01. The predicted octanol–water partition coefficient (Wildman–Crippen LogP) is 1.31. The van der Waals surface area contributed by atoms with Crippen LogP contribution in [-0.4, -0.2) is 28.8 Å². The van der Waals surface area contributed by atoms with Gasteiger partial charge >= 0.3 is 0 Å². The van der Waals surface area contributed by atoms with Gasteiger partial charge < -0.3 is 10.6 Å². The lowest BCUT2D eigenvalue weighted by Gasteiger charge is -2.16. The third kappa shape index (κ3) is 2.93. The molecule has 98 valence electrons. The van der Waals surface area contributed by atoms with E-state index in [1.165, 1.54) is 5.56 Å². The highest BCUT2D eigenvalue weighted by atomic mass is 15.3. The molecule has 0 bridgehead atoms. The lowest BCUT2D eigenvalue weighted by atomic mass is 10.2. The lowest BCUT2D eigenvalue weighted by Crippen LogP contribution is -2.40. The van der Waals surface area contributed by atoms with Gasteiger partial charge in [-0.1, -0.05) is 12.1 Å². The van der Waals surface area contributed by atoms with E-state index >= 15 is 0 Å². The van der Waals surface area contributed by atoms with Gasteiger partial charge in [-0.05, 0) is 30.2 Å². The summed E-state index contributed by atoms with van der Waals surface area (Å²) in [4.78, 5) is 4.39. The largest absolute Gasteiger partial charge is 0.356 e. The van der Waals surface area contributed by atoms with Crippen molar-refractivity contribution in [2.45, 2.75) is 13.0 Å². The van der Waals surface area contributed by atoms with E-state index in [0.29, 0.717) is 0 Å². The zero-order chi connectivity index (χ0) is 12.9. The molecular formula is C14H17N5. The highest BCUT2D eigenvalue weighted by Gasteiger charge is 2.03. The maximum atomic E-state index is 4.39. The van der Waals surface area contributed by atoms with Gasteiger partial charge in [0.05, 0.1) is 5.69 Å². The van der Waals surface area contributed by atoms with Crippen LogP contribution in [0.25, 0.3) is 5.69 Å². The number of guanidine groups is 1. The standard InChI is InChI=1S/C14H17N5/c1-4-12(11-17-14-15-6-2-7-16-14)10-13(5-1)19-9-3-8-18-19/h1,3-5,8-10H,2,6-7,11H2,(H2,15,16,17). The first-order valence-electron chi connectivity index (χ1n) is 6.53. The number of aromatic nitrogens is 2. The first kappa shape index (κ1) is 11.8. The van der Waals surface area contributed by atoms with Crippen LogP contribution in [0.15, 0.2) is 47.7 Å². The molecule has 1 aliphatic rings. The molecule has 2 heterocycles. The second-order valence-corrected chi connectivity index (χ2v) is 4.48. The molecule has 1 aliphatic heterocycles. The summed E-state index contributed by atoms with van der Waals surface area (Å²) in [6.07, 6.45) is 4.84. The second kappa shape index (κ2) is 5.56. The van der Waals surface area contributed by atoms with Crippen molar-refractivity contribution in [3.63, 3.8) is 0 Å². The van der Waals surface area contributed by atoms with Crippen LogP contribution in [0, 0.1) is 0 Å². The molecule has 5 heteroatoms. The maximum Gasteiger partial charge on any atom is 0.191 e. The summed E-state index contributed by atoms with van der Waals surface area (Å²) < 4.78 is 1.86. The summed E-state index contributed by atoms with van der Waals surface area (Å²) >= 11 is 0. The van der Waals surface area contributed by atoms with Gasteiger partial charge in [0.25, 0.3) is 0 Å². The fourth-order valence-electron chi connectivity index (χ4n) is 2.07. The maximum absolute atomic E-state index is 4.39. The second-order valence-electron chi connectivity index (χ2n) is 4.48. The highest BCUT2D eigenvalue weighted by Crippen LogP contribution is 2.09. The predicted molar refractivity (Wildman–Crippen MR) is 75.3 cm³/mol. The number of rotatable bonds is 3. The van der Waals surface area contributed by atoms with Crippen molar-refractivity contribution in [3.05, 3.63) is 48.3 Å². The molecule has 0 spiro atoms. The summed E-state index contributed by atoms with van der Waals surface area (Å²) in [6.45, 7) is 2.67. The quantitative estimate of drug-likeness (QED) is 0.869. The molecule has 0 radical (unpaired) electrons. The van der Waals surface area contributed by atoms with Gasteiger partial charge in [-0.25, -0.2) is 4.68 Å². The zero-order valence-corrected chi connectivity index (χ0v) is 10.7. The van der Waals surface area contributed by atoms with Crippen LogP contribution in [0.4, 0.5) is 0 Å². The first-order valence-corrected chi connectivity index (χ1v) is 6.53. The Hall–Kier alpha value is -2.30. The van der Waals surface area contributed by atoms with Gasteiger partial charge in [0.15, 0.2) is 5.96 Å². The minimum absolute atomic E-state index is 0.765. The number of nitrogens with zero attached hydrogens (tertiary/aromatic N) is 3. The van der Waals surface area contributed by atoms with Crippen LogP contribution < -0.4 is 10.6 Å². The summed E-state index contributed by atoms with van der Waals surface area (Å²) in [5.74, 6) is 0.899. The van der Waals surface area contributed by atoms with Crippen molar-refractivity contribution in [2.75, 3.05) is 13.1 Å². The van der Waals surface area contributed by atoms with Crippen LogP contribution in [0.2, 0.25) is 0 Å². The van der Waals surface area contributed by atoms with E-state index in [4.69, 9.17) is 0 Å². The molecule has 1 aromatic carbocycles. The summed E-state index contributed by atoms with van der Waals surface area (Å²) in [5.41, 5.74) is 2.28. The molecule has 0 aliphatic carbocycles. The SMILES string of the molecule is c1cc(CNC2=NCCCN2)cc(-n2cccn2)c1. The Bertz CT molecular complexity index is 559. The Balaban J connectivity index is 1.68. The Morgan fingerprint density at radius 1 is 1.32 bits per heavy atom. The van der Waals surface area contributed by atoms with Crippen LogP contribution >= 0.6 is 0 Å². The molecule has 0 saturated heterocycles. The first-order chi connectivity index (χ1) is 9.42. The Morgan fingerprint density at radius 3 is 3.11 bits per heavy atom. The summed E-state index contributed by atoms with van der Waals surface area (Å²) in [7, 11) is 0. The molecule has 5 nitrogen and oxygen atoms in total. The Kier molecular flexibility index (Phi) is 3.45. The fourth-order valence-corrected chi connectivity index (χ4v) is 2.07. The number of nitrogens with one attached hydrogen (secondary N) is 2. The van der Waals surface area contributed by atoms with E-state index in [9.17, 15) is 0 Å². The third-order valence-corrected chi connectivity index (χ3v) is 3.04. The Morgan fingerprint density at radius 2 is 2.32 bits per heavy atom. The molecule has 1 aromatic heterocycles. The van der Waals surface area contributed by atoms with E-state index in [0.717, 1.165) is 37.7 Å². The van der Waals surface area contributed by atoms with E-state index in [1.807, 2.05) is 29.1 Å². The molecule has 0 fully saturated rings. The van der Waals surface area contributed by atoms with Gasteiger partial charge in [-0.3, -0.25) is 4.99 Å². The third-order valence-electron chi connectivity index (χ3n) is 3.04. The van der Waals surface area contributed by atoms with E-state index in [1.54, 1.807) is 6.20 Å². The number of aliphatic imine (C=N–C) groups is 1. The van der Waals surface area contributed by atoms with Gasteiger partial charge in [0.2, 0.25) is 0 Å². The van der Waals surface area contributed by atoms with E-state index in [2.05, 4.69) is 32.9 Å². The molecule has 2 N–H and O–H groups in total. The minimum Gasteiger partial charge on any atom is -0.356 e. The average molecular weight is 255 g/mol. The number of hydrogen-bond donors (Lipinski definition) is 2. The van der Waals surface area contributed by atoms with Crippen LogP contribution in [-0.2, 0) is 6.54 Å². The minimum atomic E-state index is 0.765. The van der Waals surface area contributed by atoms with Crippen molar-refractivity contribution in [1.82, 2.24) is 20.4 Å². The van der Waals surface area contributed by atoms with Crippen molar-refractivity contribution in [3.8, 4) is 5.69 Å². The number of benzene rings is 1. The summed E-state index contributed by atoms with van der Waals surface area (Å²) in [5, 5.41) is 10.8. The van der Waals surface area contributed by atoms with E-state index < -0.39 is 0 Å². The molecule has 0 saturated carbocycles. The van der Waals surface area contributed by atoms with Gasteiger partial charge in [0, 0.05) is 32.0 Å². The molecule has 0 amide bonds. The van der Waals surface area contributed by atoms with Crippen LogP contribution in [0.3, 0.4) is 0 Å².